The summed E-state index contributed by atoms with van der Waals surface area (Å²) in [7, 11) is 0. The minimum atomic E-state index is 0.258. The lowest BCUT2D eigenvalue weighted by molar-refractivity contribution is 0.493. The molecule has 0 bridgehead atoms. The highest BCUT2D eigenvalue weighted by atomic mass is 15.0. The van der Waals surface area contributed by atoms with E-state index in [0.29, 0.717) is 0 Å². The molecule has 90 valence electrons. The van der Waals surface area contributed by atoms with Crippen LogP contribution in [0.2, 0.25) is 0 Å². The first-order valence-corrected chi connectivity index (χ1v) is 5.93. The molecule has 2 aromatic heterocycles. The maximum atomic E-state index is 4.37. The zero-order valence-electron chi connectivity index (χ0n) is 10.3. The van der Waals surface area contributed by atoms with Crippen molar-refractivity contribution in [2.45, 2.75) is 32.9 Å². The van der Waals surface area contributed by atoms with Crippen molar-refractivity contribution in [3.05, 3.63) is 47.8 Å². The summed E-state index contributed by atoms with van der Waals surface area (Å²) in [5.74, 6) is 0.986. The second-order valence-corrected chi connectivity index (χ2v) is 4.14. The average Bonchev–Trinajstić information content (AvgIpc) is 2.86. The standard InChI is InChI=1S/C13H18N4/c1-3-12(13-14-6-7-15-13)17-9-11-5-4-10(2)8-16-11/h4-8,12,17H,3,9H2,1-2H3,(H,14,15). The second kappa shape index (κ2) is 5.59. The van der Waals surface area contributed by atoms with Crippen LogP contribution in [-0.4, -0.2) is 15.0 Å². The van der Waals surface area contributed by atoms with E-state index in [0.717, 1.165) is 24.5 Å². The monoisotopic (exact) mass is 230 g/mol. The molecule has 2 aromatic rings. The summed E-state index contributed by atoms with van der Waals surface area (Å²) in [5, 5.41) is 3.45. The lowest BCUT2D eigenvalue weighted by Gasteiger charge is -2.14. The molecule has 4 heteroatoms. The van der Waals surface area contributed by atoms with Crippen molar-refractivity contribution in [3.63, 3.8) is 0 Å². The third-order valence-corrected chi connectivity index (χ3v) is 2.76. The van der Waals surface area contributed by atoms with Crippen LogP contribution in [0.5, 0.6) is 0 Å². The van der Waals surface area contributed by atoms with Crippen molar-refractivity contribution >= 4 is 0 Å². The number of H-pyrrole nitrogens is 1. The Labute approximate surface area is 102 Å². The number of rotatable bonds is 5. The molecule has 0 saturated carbocycles. The fraction of sp³-hybridized carbons (Fsp3) is 0.385. The number of aryl methyl sites for hydroxylation is 1. The topological polar surface area (TPSA) is 53.6 Å². The van der Waals surface area contributed by atoms with Gasteiger partial charge in [0.2, 0.25) is 0 Å². The molecule has 0 aliphatic rings. The first-order chi connectivity index (χ1) is 8.29. The normalized spacial score (nSPS) is 12.6. The first kappa shape index (κ1) is 11.8. The van der Waals surface area contributed by atoms with E-state index in [1.54, 1.807) is 6.20 Å². The van der Waals surface area contributed by atoms with Gasteiger partial charge in [0, 0.05) is 25.1 Å². The number of imidazole rings is 1. The van der Waals surface area contributed by atoms with Crippen LogP contribution < -0.4 is 5.32 Å². The summed E-state index contributed by atoms with van der Waals surface area (Å²) in [6, 6.07) is 4.39. The number of nitrogens with zero attached hydrogens (tertiary/aromatic N) is 2. The molecule has 0 saturated heterocycles. The van der Waals surface area contributed by atoms with Crippen LogP contribution in [0.15, 0.2) is 30.7 Å². The number of pyridine rings is 1. The van der Waals surface area contributed by atoms with Crippen LogP contribution in [0.3, 0.4) is 0 Å². The summed E-state index contributed by atoms with van der Waals surface area (Å²) in [6.45, 7) is 4.95. The fourth-order valence-electron chi connectivity index (χ4n) is 1.73. The first-order valence-electron chi connectivity index (χ1n) is 5.93. The van der Waals surface area contributed by atoms with E-state index < -0.39 is 0 Å². The number of nitrogens with one attached hydrogen (secondary N) is 2. The van der Waals surface area contributed by atoms with E-state index in [4.69, 9.17) is 0 Å². The van der Waals surface area contributed by atoms with Gasteiger partial charge in [0.05, 0.1) is 11.7 Å². The molecule has 2 rings (SSSR count). The SMILES string of the molecule is CCC(NCc1ccc(C)cn1)c1ncc[nH]1. The Morgan fingerprint density at radius 3 is 2.82 bits per heavy atom. The zero-order valence-corrected chi connectivity index (χ0v) is 10.3. The second-order valence-electron chi connectivity index (χ2n) is 4.14. The van der Waals surface area contributed by atoms with E-state index in [1.807, 2.05) is 19.3 Å². The molecule has 4 nitrogen and oxygen atoms in total. The predicted octanol–water partition coefficient (Wildman–Crippen LogP) is 2.35. The van der Waals surface area contributed by atoms with Crippen LogP contribution in [0.25, 0.3) is 0 Å². The van der Waals surface area contributed by atoms with Gasteiger partial charge in [-0.25, -0.2) is 4.98 Å². The molecular formula is C13H18N4. The number of hydrogen-bond acceptors (Lipinski definition) is 3. The Bertz CT molecular complexity index is 433. The molecular weight excluding hydrogens is 212 g/mol. The van der Waals surface area contributed by atoms with Crippen molar-refractivity contribution < 1.29 is 0 Å². The number of hydrogen-bond donors (Lipinski definition) is 2. The molecule has 17 heavy (non-hydrogen) atoms. The largest absolute Gasteiger partial charge is 0.347 e. The van der Waals surface area contributed by atoms with Gasteiger partial charge in [-0.3, -0.25) is 4.98 Å². The van der Waals surface area contributed by atoms with Gasteiger partial charge < -0.3 is 10.3 Å². The van der Waals surface area contributed by atoms with Crippen molar-refractivity contribution in [3.8, 4) is 0 Å². The van der Waals surface area contributed by atoms with Crippen molar-refractivity contribution in [1.82, 2.24) is 20.3 Å². The average molecular weight is 230 g/mol. The van der Waals surface area contributed by atoms with Crippen LogP contribution >= 0.6 is 0 Å². The Kier molecular flexibility index (Phi) is 3.88. The molecule has 0 amide bonds. The van der Waals surface area contributed by atoms with E-state index in [-0.39, 0.29) is 6.04 Å². The van der Waals surface area contributed by atoms with Gasteiger partial charge in [0.15, 0.2) is 0 Å². The molecule has 0 spiro atoms. The molecule has 0 aliphatic carbocycles. The van der Waals surface area contributed by atoms with Gasteiger partial charge >= 0.3 is 0 Å². The maximum Gasteiger partial charge on any atom is 0.123 e. The zero-order chi connectivity index (χ0) is 12.1. The minimum absolute atomic E-state index is 0.258. The molecule has 1 atom stereocenters. The Balaban J connectivity index is 1.94. The van der Waals surface area contributed by atoms with Crippen molar-refractivity contribution in [1.29, 1.82) is 0 Å². The van der Waals surface area contributed by atoms with Crippen LogP contribution in [-0.2, 0) is 6.54 Å². The van der Waals surface area contributed by atoms with E-state index >= 15 is 0 Å². The molecule has 0 radical (unpaired) electrons. The quantitative estimate of drug-likeness (QED) is 0.829. The summed E-state index contributed by atoms with van der Waals surface area (Å²) >= 11 is 0. The highest BCUT2D eigenvalue weighted by molar-refractivity contribution is 5.12. The molecule has 2 N–H and O–H groups in total. The summed E-state index contributed by atoms with van der Waals surface area (Å²) in [6.07, 6.45) is 6.53. The Morgan fingerprint density at radius 1 is 1.35 bits per heavy atom. The number of aromatic nitrogens is 3. The summed E-state index contributed by atoms with van der Waals surface area (Å²) < 4.78 is 0. The fourth-order valence-corrected chi connectivity index (χ4v) is 1.73. The minimum Gasteiger partial charge on any atom is -0.347 e. The van der Waals surface area contributed by atoms with Gasteiger partial charge in [-0.1, -0.05) is 13.0 Å². The lowest BCUT2D eigenvalue weighted by Crippen LogP contribution is -2.21. The highest BCUT2D eigenvalue weighted by Crippen LogP contribution is 2.12. The summed E-state index contributed by atoms with van der Waals surface area (Å²) in [4.78, 5) is 11.8. The molecule has 1 unspecified atom stereocenters. The molecule has 0 aliphatic heterocycles. The van der Waals surface area contributed by atoms with Gasteiger partial charge in [-0.2, -0.15) is 0 Å². The summed E-state index contributed by atoms with van der Waals surface area (Å²) in [5.41, 5.74) is 2.24. The maximum absolute atomic E-state index is 4.37. The smallest absolute Gasteiger partial charge is 0.123 e. The highest BCUT2D eigenvalue weighted by Gasteiger charge is 2.10. The van der Waals surface area contributed by atoms with Crippen LogP contribution in [0.1, 0.15) is 36.5 Å². The van der Waals surface area contributed by atoms with E-state index in [1.165, 1.54) is 5.56 Å². The lowest BCUT2D eigenvalue weighted by atomic mass is 10.2. The van der Waals surface area contributed by atoms with Gasteiger partial charge in [0.25, 0.3) is 0 Å². The Hall–Kier alpha value is -1.68. The third-order valence-electron chi connectivity index (χ3n) is 2.76. The van der Waals surface area contributed by atoms with Crippen molar-refractivity contribution in [2.75, 3.05) is 0 Å². The Morgan fingerprint density at radius 2 is 2.24 bits per heavy atom. The van der Waals surface area contributed by atoms with E-state index in [2.05, 4.69) is 39.3 Å². The number of aromatic amines is 1. The van der Waals surface area contributed by atoms with Crippen molar-refractivity contribution in [2.24, 2.45) is 0 Å². The predicted molar refractivity (Wildman–Crippen MR) is 67.4 cm³/mol. The molecule has 0 aromatic carbocycles. The van der Waals surface area contributed by atoms with Gasteiger partial charge in [-0.05, 0) is 25.0 Å². The van der Waals surface area contributed by atoms with Crippen LogP contribution in [0.4, 0.5) is 0 Å². The molecule has 2 heterocycles. The molecule has 0 fully saturated rings. The third kappa shape index (κ3) is 3.14. The van der Waals surface area contributed by atoms with Crippen LogP contribution in [0, 0.1) is 6.92 Å². The van der Waals surface area contributed by atoms with E-state index in [9.17, 15) is 0 Å². The van der Waals surface area contributed by atoms with Gasteiger partial charge in [-0.15, -0.1) is 0 Å². The van der Waals surface area contributed by atoms with Gasteiger partial charge in [0.1, 0.15) is 5.82 Å².